The highest BCUT2D eigenvalue weighted by Crippen LogP contribution is 2.21. The number of carbonyl (C=O) groups is 2. The monoisotopic (exact) mass is 243 g/mol. The van der Waals surface area contributed by atoms with E-state index in [0.29, 0.717) is 13.2 Å². The molecule has 1 saturated heterocycles. The van der Waals surface area contributed by atoms with E-state index in [0.717, 1.165) is 6.42 Å². The molecule has 0 saturated carbocycles. The van der Waals surface area contributed by atoms with Crippen LogP contribution >= 0.6 is 0 Å². The zero-order valence-corrected chi connectivity index (χ0v) is 10.2. The Morgan fingerprint density at radius 1 is 1.29 bits per heavy atom. The van der Waals surface area contributed by atoms with E-state index in [1.165, 1.54) is 20.0 Å². The van der Waals surface area contributed by atoms with Crippen molar-refractivity contribution in [3.8, 4) is 0 Å². The van der Waals surface area contributed by atoms with Crippen LogP contribution < -0.4 is 5.32 Å². The second-order valence-corrected chi connectivity index (χ2v) is 4.04. The Morgan fingerprint density at radius 2 is 1.88 bits per heavy atom. The second-order valence-electron chi connectivity index (χ2n) is 4.04. The summed E-state index contributed by atoms with van der Waals surface area (Å²) >= 11 is 0. The van der Waals surface area contributed by atoms with Crippen molar-refractivity contribution in [3.63, 3.8) is 0 Å². The van der Waals surface area contributed by atoms with Crippen LogP contribution in [0.1, 0.15) is 20.3 Å². The predicted molar refractivity (Wildman–Crippen MR) is 58.8 cm³/mol. The van der Waals surface area contributed by atoms with E-state index in [-0.39, 0.29) is 5.57 Å². The topological polar surface area (TPSA) is 73.9 Å². The average Bonchev–Trinajstić information content (AvgIpc) is 2.19. The minimum atomic E-state index is -1.19. The molecule has 0 radical (unpaired) electrons. The molecule has 0 spiro atoms. The summed E-state index contributed by atoms with van der Waals surface area (Å²) in [5.74, 6) is -2.54. The lowest BCUT2D eigenvalue weighted by molar-refractivity contribution is -0.222. The number of hydrogen-bond acceptors (Lipinski definition) is 6. The Hall–Kier alpha value is -1.56. The van der Waals surface area contributed by atoms with Gasteiger partial charge in [-0.3, -0.25) is 0 Å². The van der Waals surface area contributed by atoms with E-state index in [2.05, 4.69) is 5.32 Å². The minimum absolute atomic E-state index is 0.123. The molecule has 1 heterocycles. The molecule has 0 amide bonds. The summed E-state index contributed by atoms with van der Waals surface area (Å²) in [7, 11) is 1.61. The Labute approximate surface area is 99.9 Å². The first-order chi connectivity index (χ1) is 7.96. The first-order valence-corrected chi connectivity index (χ1v) is 5.35. The van der Waals surface area contributed by atoms with Gasteiger partial charge in [0.1, 0.15) is 0 Å². The van der Waals surface area contributed by atoms with Crippen molar-refractivity contribution in [1.29, 1.82) is 0 Å². The number of methoxy groups -OCH3 is 1. The van der Waals surface area contributed by atoms with E-state index in [4.69, 9.17) is 14.2 Å². The van der Waals surface area contributed by atoms with Crippen LogP contribution in [0.5, 0.6) is 0 Å². The third-order valence-electron chi connectivity index (χ3n) is 2.03. The number of carbonyl (C=O) groups excluding carboxylic acids is 2. The fraction of sp³-hybridized carbons (Fsp3) is 0.636. The lowest BCUT2D eigenvalue weighted by Gasteiger charge is -2.29. The molecule has 1 fully saturated rings. The molecule has 6 heteroatoms. The van der Waals surface area contributed by atoms with Crippen LogP contribution in [0.3, 0.4) is 0 Å². The van der Waals surface area contributed by atoms with E-state index in [9.17, 15) is 9.59 Å². The second kappa shape index (κ2) is 5.67. The fourth-order valence-electron chi connectivity index (χ4n) is 1.27. The molecule has 0 aromatic heterocycles. The van der Waals surface area contributed by atoms with Gasteiger partial charge in [0.2, 0.25) is 0 Å². The van der Waals surface area contributed by atoms with Crippen LogP contribution in [0.2, 0.25) is 0 Å². The quantitative estimate of drug-likeness (QED) is 0.325. The molecular formula is C11H17NO5. The summed E-state index contributed by atoms with van der Waals surface area (Å²) in [6.07, 6.45) is 2.09. The highest BCUT2D eigenvalue weighted by molar-refractivity contribution is 6.15. The zero-order chi connectivity index (χ0) is 12.9. The van der Waals surface area contributed by atoms with Crippen molar-refractivity contribution in [3.05, 3.63) is 11.8 Å². The summed E-state index contributed by atoms with van der Waals surface area (Å²) in [5, 5.41) is 2.83. The Bertz CT molecular complexity index is 313. The smallest absolute Gasteiger partial charge is 0.350 e. The molecule has 17 heavy (non-hydrogen) atoms. The van der Waals surface area contributed by atoms with Gasteiger partial charge in [0.15, 0.2) is 5.57 Å². The van der Waals surface area contributed by atoms with Gasteiger partial charge in [0, 0.05) is 40.3 Å². The average molecular weight is 243 g/mol. The van der Waals surface area contributed by atoms with Gasteiger partial charge < -0.3 is 19.5 Å². The molecule has 1 rings (SSSR count). The number of hydrogen-bond donors (Lipinski definition) is 1. The first-order valence-electron chi connectivity index (χ1n) is 5.35. The van der Waals surface area contributed by atoms with Gasteiger partial charge >= 0.3 is 11.9 Å². The fourth-order valence-corrected chi connectivity index (χ4v) is 1.27. The van der Waals surface area contributed by atoms with Crippen molar-refractivity contribution in [2.75, 3.05) is 20.3 Å². The number of esters is 2. The summed E-state index contributed by atoms with van der Waals surface area (Å²) in [6, 6.07) is 0. The first kappa shape index (κ1) is 13.5. The summed E-state index contributed by atoms with van der Waals surface area (Å²) in [4.78, 5) is 23.0. The van der Waals surface area contributed by atoms with Crippen LogP contribution in [0.4, 0.5) is 0 Å². The van der Waals surface area contributed by atoms with Gasteiger partial charge in [-0.25, -0.2) is 9.59 Å². The summed E-state index contributed by atoms with van der Waals surface area (Å²) < 4.78 is 14.7. The third kappa shape index (κ3) is 4.07. The van der Waals surface area contributed by atoms with Gasteiger partial charge in [0.05, 0.1) is 0 Å². The van der Waals surface area contributed by atoms with Crippen LogP contribution in [-0.4, -0.2) is 38.0 Å². The van der Waals surface area contributed by atoms with E-state index >= 15 is 0 Å². The molecule has 1 N–H and O–H groups in total. The largest absolute Gasteiger partial charge is 0.419 e. The molecule has 0 atom stereocenters. The van der Waals surface area contributed by atoms with Crippen LogP contribution in [0.15, 0.2) is 11.8 Å². The van der Waals surface area contributed by atoms with Crippen molar-refractivity contribution >= 4 is 11.9 Å². The maximum Gasteiger partial charge on any atom is 0.350 e. The van der Waals surface area contributed by atoms with E-state index in [1.54, 1.807) is 7.11 Å². The van der Waals surface area contributed by atoms with Crippen molar-refractivity contribution in [1.82, 2.24) is 5.32 Å². The maximum atomic E-state index is 11.5. The molecule has 0 unspecified atom stereocenters. The Morgan fingerprint density at radius 3 is 2.41 bits per heavy atom. The SMILES string of the molecule is COCCCNC=C1C(=O)OC(C)(C)OC1=O. The van der Waals surface area contributed by atoms with Crippen LogP contribution in [-0.2, 0) is 23.8 Å². The number of ether oxygens (including phenoxy) is 3. The maximum absolute atomic E-state index is 11.5. The van der Waals surface area contributed by atoms with Gasteiger partial charge in [-0.1, -0.05) is 0 Å². The van der Waals surface area contributed by atoms with Gasteiger partial charge in [-0.05, 0) is 6.42 Å². The van der Waals surface area contributed by atoms with Gasteiger partial charge in [-0.15, -0.1) is 0 Å². The lowest BCUT2D eigenvalue weighted by atomic mass is 10.2. The van der Waals surface area contributed by atoms with Crippen LogP contribution in [0, 0.1) is 0 Å². The number of cyclic esters (lactones) is 2. The molecular weight excluding hydrogens is 226 g/mol. The van der Waals surface area contributed by atoms with Crippen LogP contribution in [0.25, 0.3) is 0 Å². The van der Waals surface area contributed by atoms with Gasteiger partial charge in [0.25, 0.3) is 5.79 Å². The molecule has 1 aliphatic heterocycles. The Balaban J connectivity index is 2.50. The molecule has 0 aromatic carbocycles. The molecule has 1 aliphatic rings. The molecule has 0 aliphatic carbocycles. The van der Waals surface area contributed by atoms with Crippen molar-refractivity contribution in [2.24, 2.45) is 0 Å². The van der Waals surface area contributed by atoms with Crippen molar-refractivity contribution in [2.45, 2.75) is 26.1 Å². The van der Waals surface area contributed by atoms with E-state index < -0.39 is 17.7 Å². The predicted octanol–water partition coefficient (Wildman–Crippen LogP) is 0.332. The zero-order valence-electron chi connectivity index (χ0n) is 10.2. The standard InChI is InChI=1S/C11H17NO5/c1-11(2)16-9(13)8(10(14)17-11)7-12-5-4-6-15-3/h7,12H,4-6H2,1-3H3. The lowest BCUT2D eigenvalue weighted by Crippen LogP contribution is -2.42. The summed E-state index contributed by atoms with van der Waals surface area (Å²) in [5.41, 5.74) is -0.123. The highest BCUT2D eigenvalue weighted by Gasteiger charge is 2.38. The number of rotatable bonds is 5. The van der Waals surface area contributed by atoms with E-state index in [1.807, 2.05) is 0 Å². The molecule has 0 aromatic rings. The Kier molecular flexibility index (Phi) is 4.51. The van der Waals surface area contributed by atoms with Gasteiger partial charge in [-0.2, -0.15) is 0 Å². The van der Waals surface area contributed by atoms with Crippen molar-refractivity contribution < 1.29 is 23.8 Å². The summed E-state index contributed by atoms with van der Waals surface area (Å²) in [6.45, 7) is 4.22. The molecule has 96 valence electrons. The third-order valence-corrected chi connectivity index (χ3v) is 2.03. The minimum Gasteiger partial charge on any atom is -0.419 e. The normalized spacial score (nSPS) is 18.4. The number of nitrogens with one attached hydrogen (secondary N) is 1. The molecule has 6 nitrogen and oxygen atoms in total. The highest BCUT2D eigenvalue weighted by atomic mass is 16.7. The molecule has 0 bridgehead atoms.